The van der Waals surface area contributed by atoms with Gasteiger partial charge in [-0.15, -0.1) is 0 Å². The maximum atomic E-state index is 3.45. The number of hydrogen-bond donors (Lipinski definition) is 0. The van der Waals surface area contributed by atoms with E-state index in [1.54, 1.807) is 0 Å². The first-order valence-corrected chi connectivity index (χ1v) is 13.1. The molecule has 0 bridgehead atoms. The Kier molecular flexibility index (Phi) is 8.82. The van der Waals surface area contributed by atoms with Crippen LogP contribution in [0.15, 0.2) is 60.7 Å². The van der Waals surface area contributed by atoms with E-state index in [1.165, 1.54) is 36.3 Å². The van der Waals surface area contributed by atoms with Crippen LogP contribution in [0, 0.1) is 0 Å². The molecule has 0 spiro atoms. The first-order chi connectivity index (χ1) is 9.16. The third-order valence-corrected chi connectivity index (χ3v) is 9.57. The molecule has 0 aliphatic rings. The second-order valence-electron chi connectivity index (χ2n) is 4.73. The van der Waals surface area contributed by atoms with Crippen molar-refractivity contribution in [1.82, 2.24) is 0 Å². The van der Waals surface area contributed by atoms with Crippen LogP contribution in [0.25, 0.3) is 0 Å². The predicted octanol–water partition coefficient (Wildman–Crippen LogP) is 0.660. The van der Waals surface area contributed by atoms with Crippen molar-refractivity contribution in [2.75, 3.05) is 12.3 Å². The van der Waals surface area contributed by atoms with Crippen molar-refractivity contribution in [2.24, 2.45) is 0 Å². The van der Waals surface area contributed by atoms with Crippen LogP contribution in [0.1, 0.15) is 11.1 Å². The third kappa shape index (κ3) is 6.98. The van der Waals surface area contributed by atoms with E-state index in [0.29, 0.717) is 0 Å². The molecular formula is C16H18LiPSe2. The van der Waals surface area contributed by atoms with Gasteiger partial charge in [0.25, 0.3) is 0 Å². The van der Waals surface area contributed by atoms with Crippen molar-refractivity contribution in [3.05, 3.63) is 71.8 Å². The SMILES string of the molecule is [Li+].[Se-][P+]([Se-])(CCc1ccccc1)CCc1ccccc1. The molecule has 100 valence electrons. The normalized spacial score (nSPS) is 10.9. The molecule has 2 rings (SSSR count). The van der Waals surface area contributed by atoms with Gasteiger partial charge in [-0.1, -0.05) is 0 Å². The Hall–Kier alpha value is 0.506. The van der Waals surface area contributed by atoms with Gasteiger partial charge in [-0.25, -0.2) is 0 Å². The summed E-state index contributed by atoms with van der Waals surface area (Å²) in [6.45, 7) is 0. The Balaban J connectivity index is 0.00000200. The first kappa shape index (κ1) is 18.6. The van der Waals surface area contributed by atoms with Crippen LogP contribution in [-0.2, 0) is 12.8 Å². The molecule has 0 N–H and O–H groups in total. The number of benzene rings is 2. The monoisotopic (exact) mass is 408 g/mol. The zero-order valence-electron chi connectivity index (χ0n) is 11.9. The molecule has 0 nitrogen and oxygen atoms in total. The fourth-order valence-corrected chi connectivity index (χ4v) is 5.72. The van der Waals surface area contributed by atoms with Gasteiger partial charge < -0.3 is 0 Å². The van der Waals surface area contributed by atoms with Gasteiger partial charge in [0.15, 0.2) is 0 Å². The molecular weight excluding hydrogens is 388 g/mol. The van der Waals surface area contributed by atoms with E-state index in [0.717, 1.165) is 0 Å². The fraction of sp³-hybridized carbons (Fsp3) is 0.250. The minimum absolute atomic E-state index is 0. The molecule has 0 fully saturated rings. The van der Waals surface area contributed by atoms with Gasteiger partial charge >= 0.3 is 152 Å². The van der Waals surface area contributed by atoms with E-state index in [-0.39, 0.29) is 18.9 Å². The fourth-order valence-electron chi connectivity index (χ4n) is 2.00. The molecule has 0 aromatic heterocycles. The molecule has 0 aliphatic carbocycles. The van der Waals surface area contributed by atoms with Gasteiger partial charge in [-0.3, -0.25) is 0 Å². The van der Waals surface area contributed by atoms with Crippen molar-refractivity contribution < 1.29 is 18.9 Å². The standard InChI is InChI=1S/C16H19PSe2.Li/c18-17(19,13-11-15-7-3-1-4-8-15)14-12-16-9-5-2-6-10-16;/h1-10H,11-14H2,(H,18,19);/q;+1/p-1. The molecule has 0 amide bonds. The molecule has 0 radical (unpaired) electrons. The first-order valence-electron chi connectivity index (χ1n) is 6.53. The van der Waals surface area contributed by atoms with Crippen molar-refractivity contribution in [3.63, 3.8) is 0 Å². The number of aryl methyl sites for hydroxylation is 2. The third-order valence-electron chi connectivity index (χ3n) is 3.17. The summed E-state index contributed by atoms with van der Waals surface area (Å²) in [7, 11) is 0. The van der Waals surface area contributed by atoms with Crippen LogP contribution in [0.4, 0.5) is 0 Å². The van der Waals surface area contributed by atoms with Crippen LogP contribution in [-0.4, -0.2) is 43.5 Å². The molecule has 0 saturated carbocycles. The topological polar surface area (TPSA) is 0 Å². The molecule has 2 aromatic carbocycles. The maximum absolute atomic E-state index is 3.45. The van der Waals surface area contributed by atoms with Crippen molar-refractivity contribution in [1.29, 1.82) is 0 Å². The Labute approximate surface area is 150 Å². The van der Waals surface area contributed by atoms with Crippen LogP contribution < -0.4 is 18.9 Å². The molecule has 0 heterocycles. The summed E-state index contributed by atoms with van der Waals surface area (Å²) < 4.78 is -1.02. The Morgan fingerprint density at radius 1 is 0.650 bits per heavy atom. The predicted molar refractivity (Wildman–Crippen MR) is 88.5 cm³/mol. The number of rotatable bonds is 6. The van der Waals surface area contributed by atoms with Crippen LogP contribution in [0.5, 0.6) is 0 Å². The molecule has 0 saturated heterocycles. The zero-order valence-corrected chi connectivity index (χ0v) is 16.2. The average molecular weight is 406 g/mol. The van der Waals surface area contributed by atoms with Crippen molar-refractivity contribution in [3.8, 4) is 0 Å². The van der Waals surface area contributed by atoms with Crippen LogP contribution >= 0.6 is 4.64 Å². The van der Waals surface area contributed by atoms with Gasteiger partial charge in [0, 0.05) is 0 Å². The van der Waals surface area contributed by atoms with Crippen molar-refractivity contribution >= 4 is 35.8 Å². The van der Waals surface area contributed by atoms with E-state index in [2.05, 4.69) is 91.8 Å². The molecule has 2 aromatic rings. The number of hydrogen-bond acceptors (Lipinski definition) is 0. The minimum atomic E-state index is -1.02. The van der Waals surface area contributed by atoms with E-state index in [9.17, 15) is 0 Å². The van der Waals surface area contributed by atoms with E-state index >= 15 is 0 Å². The summed E-state index contributed by atoms with van der Waals surface area (Å²) >= 11 is 6.90. The summed E-state index contributed by atoms with van der Waals surface area (Å²) in [6, 6.07) is 21.5. The molecule has 0 unspecified atom stereocenters. The summed E-state index contributed by atoms with van der Waals surface area (Å²) in [5.41, 5.74) is 2.88. The van der Waals surface area contributed by atoms with Gasteiger partial charge in [-0.2, -0.15) is 0 Å². The van der Waals surface area contributed by atoms with E-state index in [1.807, 2.05) is 0 Å². The van der Waals surface area contributed by atoms with Crippen LogP contribution in [0.3, 0.4) is 0 Å². The zero-order chi connectivity index (χ0) is 13.6. The Morgan fingerprint density at radius 3 is 1.35 bits per heavy atom. The van der Waals surface area contributed by atoms with E-state index in [4.69, 9.17) is 0 Å². The second kappa shape index (κ2) is 9.51. The summed E-state index contributed by atoms with van der Waals surface area (Å²) in [4.78, 5) is 0. The molecule has 20 heavy (non-hydrogen) atoms. The van der Waals surface area contributed by atoms with Gasteiger partial charge in [0.2, 0.25) is 0 Å². The summed E-state index contributed by atoms with van der Waals surface area (Å²) in [5.74, 6) is 0. The van der Waals surface area contributed by atoms with E-state index < -0.39 is 4.64 Å². The molecule has 4 heteroatoms. The van der Waals surface area contributed by atoms with Gasteiger partial charge in [0.1, 0.15) is 0 Å². The summed E-state index contributed by atoms with van der Waals surface area (Å²) in [5, 5.41) is 0. The Bertz CT molecular complexity index is 443. The van der Waals surface area contributed by atoms with Crippen molar-refractivity contribution in [2.45, 2.75) is 12.8 Å². The van der Waals surface area contributed by atoms with Gasteiger partial charge in [-0.05, 0) is 0 Å². The summed E-state index contributed by atoms with van der Waals surface area (Å²) in [6.07, 6.45) is 4.85. The average Bonchev–Trinajstić information content (AvgIpc) is 2.46. The molecule has 0 atom stereocenters. The quantitative estimate of drug-likeness (QED) is 0.489. The molecule has 0 aliphatic heterocycles. The Morgan fingerprint density at radius 2 is 1.00 bits per heavy atom. The second-order valence-corrected chi connectivity index (χ2v) is 19.6. The van der Waals surface area contributed by atoms with Gasteiger partial charge in [0.05, 0.1) is 0 Å². The van der Waals surface area contributed by atoms with Crippen LogP contribution in [0.2, 0.25) is 0 Å².